The van der Waals surface area contributed by atoms with Crippen LogP contribution in [0.15, 0.2) is 16.7 Å². The van der Waals surface area contributed by atoms with Gasteiger partial charge in [0.25, 0.3) is 0 Å². The third-order valence-corrected chi connectivity index (χ3v) is 1.68. The van der Waals surface area contributed by atoms with E-state index in [0.717, 1.165) is 0 Å². The van der Waals surface area contributed by atoms with E-state index in [1.165, 1.54) is 6.92 Å². The number of carbonyl (C=O) groups is 1. The van der Waals surface area contributed by atoms with E-state index in [-0.39, 0.29) is 5.91 Å². The molecule has 1 aromatic heterocycles. The Hall–Kier alpha value is -0.610. The minimum atomic E-state index is -0.135. The van der Waals surface area contributed by atoms with Crippen LogP contribution in [0.5, 0.6) is 0 Å². The number of amides is 1. The predicted octanol–water partition coefficient (Wildman–Crippen LogP) is 2.46. The highest BCUT2D eigenvalue weighted by atomic mass is 79.9. The van der Waals surface area contributed by atoms with Crippen molar-refractivity contribution in [1.29, 1.82) is 0 Å². The van der Waals surface area contributed by atoms with Crippen LogP contribution in [0.4, 0.5) is 5.69 Å². The quantitative estimate of drug-likeness (QED) is 0.777. The fraction of sp³-hybridized carbons (Fsp3) is 0.143. The summed E-state index contributed by atoms with van der Waals surface area (Å²) in [7, 11) is 0. The minimum Gasteiger partial charge on any atom is -0.326 e. The first-order valence-electron chi connectivity index (χ1n) is 3.18. The number of rotatable bonds is 1. The number of hydrogen-bond acceptors (Lipinski definition) is 2. The van der Waals surface area contributed by atoms with Crippen LogP contribution < -0.4 is 5.32 Å². The maximum Gasteiger partial charge on any atom is 0.221 e. The first kappa shape index (κ1) is 9.48. The molecule has 1 rings (SSSR count). The maximum absolute atomic E-state index is 10.6. The van der Waals surface area contributed by atoms with Gasteiger partial charge in [-0.15, -0.1) is 0 Å². The Morgan fingerprint density at radius 3 is 2.83 bits per heavy atom. The first-order valence-corrected chi connectivity index (χ1v) is 4.35. The van der Waals surface area contributed by atoms with Crippen LogP contribution in [0.1, 0.15) is 6.92 Å². The minimum absolute atomic E-state index is 0.135. The number of hydrogen-bond donors (Lipinski definition) is 1. The zero-order valence-corrected chi connectivity index (χ0v) is 8.61. The molecule has 0 aliphatic heterocycles. The Bertz CT molecular complexity index is 296. The van der Waals surface area contributed by atoms with Gasteiger partial charge in [0.1, 0.15) is 9.76 Å². The maximum atomic E-state index is 10.6. The third kappa shape index (κ3) is 2.79. The molecule has 0 saturated heterocycles. The molecule has 0 radical (unpaired) electrons. The second kappa shape index (κ2) is 3.87. The van der Waals surface area contributed by atoms with Crippen molar-refractivity contribution in [2.24, 2.45) is 0 Å². The van der Waals surface area contributed by atoms with Crippen molar-refractivity contribution < 1.29 is 4.79 Å². The molecule has 0 fully saturated rings. The highest BCUT2D eigenvalue weighted by Crippen LogP contribution is 2.18. The van der Waals surface area contributed by atoms with Gasteiger partial charge >= 0.3 is 0 Å². The standard InChI is InChI=1S/C7H6BrClN2O/c1-4(12)10-5-2-6(8)11-7(9)3-5/h2-3H,1H3,(H,10,11,12). The van der Waals surface area contributed by atoms with Crippen molar-refractivity contribution in [2.75, 3.05) is 5.32 Å². The number of nitrogens with one attached hydrogen (secondary N) is 1. The Balaban J connectivity index is 2.93. The van der Waals surface area contributed by atoms with Gasteiger partial charge < -0.3 is 5.32 Å². The fourth-order valence-corrected chi connectivity index (χ4v) is 1.49. The van der Waals surface area contributed by atoms with E-state index >= 15 is 0 Å². The molecule has 0 aliphatic rings. The summed E-state index contributed by atoms with van der Waals surface area (Å²) in [4.78, 5) is 14.5. The Labute approximate surface area is 83.3 Å². The molecule has 0 saturated carbocycles. The molecule has 0 bridgehead atoms. The molecule has 12 heavy (non-hydrogen) atoms. The van der Waals surface area contributed by atoms with Crippen LogP contribution in [0.2, 0.25) is 5.15 Å². The van der Waals surface area contributed by atoms with E-state index in [9.17, 15) is 4.79 Å². The van der Waals surface area contributed by atoms with Crippen LogP contribution >= 0.6 is 27.5 Å². The van der Waals surface area contributed by atoms with Crippen molar-refractivity contribution in [2.45, 2.75) is 6.92 Å². The highest BCUT2D eigenvalue weighted by molar-refractivity contribution is 9.10. The lowest BCUT2D eigenvalue weighted by atomic mass is 10.4. The van der Waals surface area contributed by atoms with E-state index in [4.69, 9.17) is 11.6 Å². The number of aromatic nitrogens is 1. The normalized spacial score (nSPS) is 9.58. The molecular weight excluding hydrogens is 243 g/mol. The molecule has 0 spiro atoms. The van der Waals surface area contributed by atoms with Gasteiger partial charge in [0.2, 0.25) is 5.91 Å². The number of anilines is 1. The predicted molar refractivity (Wildman–Crippen MR) is 51.3 cm³/mol. The zero-order chi connectivity index (χ0) is 9.14. The average Bonchev–Trinajstić information content (AvgIpc) is 1.81. The summed E-state index contributed by atoms with van der Waals surface area (Å²) in [5.74, 6) is -0.135. The van der Waals surface area contributed by atoms with E-state index in [2.05, 4.69) is 26.2 Å². The van der Waals surface area contributed by atoms with E-state index in [1.54, 1.807) is 12.1 Å². The van der Waals surface area contributed by atoms with Gasteiger partial charge in [0, 0.05) is 12.6 Å². The summed E-state index contributed by atoms with van der Waals surface area (Å²) in [5, 5.41) is 2.93. The molecule has 0 unspecified atom stereocenters. The van der Waals surface area contributed by atoms with Gasteiger partial charge in [-0.3, -0.25) is 4.79 Å². The summed E-state index contributed by atoms with van der Waals surface area (Å²) >= 11 is 8.80. The van der Waals surface area contributed by atoms with Gasteiger partial charge in [0.15, 0.2) is 0 Å². The highest BCUT2D eigenvalue weighted by Gasteiger charge is 1.99. The molecule has 5 heteroatoms. The number of pyridine rings is 1. The second-order valence-corrected chi connectivity index (χ2v) is 3.38. The largest absolute Gasteiger partial charge is 0.326 e. The topological polar surface area (TPSA) is 42.0 Å². The van der Waals surface area contributed by atoms with Crippen LogP contribution in [-0.2, 0) is 4.79 Å². The van der Waals surface area contributed by atoms with Crippen molar-refractivity contribution in [3.63, 3.8) is 0 Å². The van der Waals surface area contributed by atoms with Crippen LogP contribution in [0.3, 0.4) is 0 Å². The van der Waals surface area contributed by atoms with E-state index < -0.39 is 0 Å². The fourth-order valence-electron chi connectivity index (χ4n) is 0.740. The molecule has 1 aromatic rings. The molecule has 64 valence electrons. The van der Waals surface area contributed by atoms with Crippen molar-refractivity contribution >= 4 is 39.1 Å². The molecule has 0 atom stereocenters. The molecule has 1 heterocycles. The van der Waals surface area contributed by atoms with Crippen LogP contribution in [-0.4, -0.2) is 10.9 Å². The average molecular weight is 249 g/mol. The van der Waals surface area contributed by atoms with Crippen molar-refractivity contribution in [3.8, 4) is 0 Å². The molecule has 0 aliphatic carbocycles. The van der Waals surface area contributed by atoms with Crippen molar-refractivity contribution in [1.82, 2.24) is 4.98 Å². The number of halogens is 2. The lowest BCUT2D eigenvalue weighted by Crippen LogP contribution is -2.05. The summed E-state index contributed by atoms with van der Waals surface area (Å²) in [5.41, 5.74) is 0.634. The molecule has 1 amide bonds. The summed E-state index contributed by atoms with van der Waals surface area (Å²) < 4.78 is 0.596. The van der Waals surface area contributed by atoms with Gasteiger partial charge in [-0.25, -0.2) is 4.98 Å². The Kier molecular flexibility index (Phi) is 3.05. The third-order valence-electron chi connectivity index (χ3n) is 1.08. The zero-order valence-electron chi connectivity index (χ0n) is 6.27. The lowest BCUT2D eigenvalue weighted by Gasteiger charge is -2.01. The Morgan fingerprint density at radius 1 is 1.67 bits per heavy atom. The number of carbonyl (C=O) groups excluding carboxylic acids is 1. The van der Waals surface area contributed by atoms with E-state index in [0.29, 0.717) is 15.4 Å². The number of nitrogens with zero attached hydrogens (tertiary/aromatic N) is 1. The van der Waals surface area contributed by atoms with Crippen LogP contribution in [0.25, 0.3) is 0 Å². The first-order chi connectivity index (χ1) is 5.58. The Morgan fingerprint density at radius 2 is 2.33 bits per heavy atom. The van der Waals surface area contributed by atoms with Gasteiger partial charge in [0.05, 0.1) is 0 Å². The monoisotopic (exact) mass is 248 g/mol. The summed E-state index contributed by atoms with van der Waals surface area (Å²) in [6.07, 6.45) is 0. The molecule has 1 N–H and O–H groups in total. The summed E-state index contributed by atoms with van der Waals surface area (Å²) in [6.45, 7) is 1.43. The summed E-state index contributed by atoms with van der Waals surface area (Å²) in [6, 6.07) is 3.25. The van der Waals surface area contributed by atoms with E-state index in [1.807, 2.05) is 0 Å². The van der Waals surface area contributed by atoms with Gasteiger partial charge in [-0.05, 0) is 28.1 Å². The lowest BCUT2D eigenvalue weighted by molar-refractivity contribution is -0.114. The molecule has 3 nitrogen and oxygen atoms in total. The smallest absolute Gasteiger partial charge is 0.221 e. The molecule has 0 aromatic carbocycles. The van der Waals surface area contributed by atoms with Gasteiger partial charge in [-0.1, -0.05) is 11.6 Å². The van der Waals surface area contributed by atoms with Crippen molar-refractivity contribution in [3.05, 3.63) is 21.9 Å². The SMILES string of the molecule is CC(=O)Nc1cc(Cl)nc(Br)c1. The molecular formula is C7H6BrClN2O. The van der Waals surface area contributed by atoms with Crippen LogP contribution in [0, 0.1) is 0 Å². The second-order valence-electron chi connectivity index (χ2n) is 2.18. The van der Waals surface area contributed by atoms with Gasteiger partial charge in [-0.2, -0.15) is 0 Å².